The van der Waals surface area contributed by atoms with Crippen LogP contribution in [0.4, 0.5) is 23.2 Å². The third-order valence-corrected chi connectivity index (χ3v) is 4.84. The maximum Gasteiger partial charge on any atom is 0.243 e. The lowest BCUT2D eigenvalue weighted by atomic mass is 9.95. The second-order valence-corrected chi connectivity index (χ2v) is 6.81. The number of benzene rings is 2. The van der Waals surface area contributed by atoms with Gasteiger partial charge in [-0.15, -0.1) is 24.0 Å². The third-order valence-electron chi connectivity index (χ3n) is 4.84. The molecule has 1 aliphatic carbocycles. The van der Waals surface area contributed by atoms with Crippen molar-refractivity contribution in [3.63, 3.8) is 0 Å². The van der Waals surface area contributed by atoms with E-state index in [0.717, 1.165) is 25.0 Å². The summed E-state index contributed by atoms with van der Waals surface area (Å²) in [5, 5.41) is 7.96. The molecule has 0 atom stereocenters. The maximum atomic E-state index is 14.1. The molecule has 0 bridgehead atoms. The van der Waals surface area contributed by atoms with E-state index in [1.54, 1.807) is 18.2 Å². The lowest BCUT2D eigenvalue weighted by Gasteiger charge is -2.19. The van der Waals surface area contributed by atoms with Crippen LogP contribution < -0.4 is 16.0 Å². The Hall–Kier alpha value is -2.37. The van der Waals surface area contributed by atoms with Gasteiger partial charge in [0.15, 0.2) is 23.4 Å². The number of rotatable bonds is 6. The molecule has 1 aliphatic rings. The standard InChI is InChI=1S/C20H20F4N4O.HI/c1-25-19(27-11-20(8-9-20)12-4-2-3-5-13(12)21)26-10-16(29)28-15-7-6-14(22)17(23)18(15)24;/h2-7H,8-11H2,1H3,(H,28,29)(H2,25,26,27);1H. The summed E-state index contributed by atoms with van der Waals surface area (Å²) in [6, 6.07) is 8.25. The molecule has 0 radical (unpaired) electrons. The van der Waals surface area contributed by atoms with Gasteiger partial charge in [0, 0.05) is 19.0 Å². The molecule has 0 aromatic heterocycles. The van der Waals surface area contributed by atoms with Crippen molar-refractivity contribution in [3.8, 4) is 0 Å². The summed E-state index contributed by atoms with van der Waals surface area (Å²) in [7, 11) is 1.50. The van der Waals surface area contributed by atoms with Crippen LogP contribution in [0.1, 0.15) is 18.4 Å². The monoisotopic (exact) mass is 536 g/mol. The highest BCUT2D eigenvalue weighted by molar-refractivity contribution is 14.0. The summed E-state index contributed by atoms with van der Waals surface area (Å²) in [4.78, 5) is 16.0. The summed E-state index contributed by atoms with van der Waals surface area (Å²) in [6.45, 7) is 0.137. The van der Waals surface area contributed by atoms with Crippen LogP contribution in [0.5, 0.6) is 0 Å². The zero-order valence-corrected chi connectivity index (χ0v) is 18.4. The van der Waals surface area contributed by atoms with Crippen molar-refractivity contribution in [1.82, 2.24) is 10.6 Å². The summed E-state index contributed by atoms with van der Waals surface area (Å²) in [5.41, 5.74) is -0.148. The van der Waals surface area contributed by atoms with Crippen molar-refractivity contribution < 1.29 is 22.4 Å². The average molecular weight is 536 g/mol. The number of nitrogens with zero attached hydrogens (tertiary/aromatic N) is 1. The Bertz CT molecular complexity index is 950. The van der Waals surface area contributed by atoms with Crippen molar-refractivity contribution in [2.75, 3.05) is 25.5 Å². The fraction of sp³-hybridized carbons (Fsp3) is 0.300. The normalized spacial score (nSPS) is 14.5. The molecule has 5 nitrogen and oxygen atoms in total. The van der Waals surface area contributed by atoms with Crippen molar-refractivity contribution in [2.24, 2.45) is 4.99 Å². The smallest absolute Gasteiger partial charge is 0.243 e. The molecule has 0 heterocycles. The maximum absolute atomic E-state index is 14.1. The van der Waals surface area contributed by atoms with E-state index in [4.69, 9.17) is 0 Å². The molecule has 0 aliphatic heterocycles. The van der Waals surface area contributed by atoms with Crippen LogP contribution in [-0.4, -0.2) is 32.0 Å². The number of guanidine groups is 1. The van der Waals surface area contributed by atoms with Gasteiger partial charge in [0.05, 0.1) is 12.2 Å². The summed E-state index contributed by atoms with van der Waals surface area (Å²) < 4.78 is 53.9. The van der Waals surface area contributed by atoms with Crippen LogP contribution in [-0.2, 0) is 10.2 Å². The Balaban J connectivity index is 0.00000320. The average Bonchev–Trinajstić information content (AvgIpc) is 3.50. The first kappa shape index (κ1) is 23.9. The minimum Gasteiger partial charge on any atom is -0.356 e. The Morgan fingerprint density at radius 3 is 2.33 bits per heavy atom. The van der Waals surface area contributed by atoms with Gasteiger partial charge in [-0.3, -0.25) is 9.79 Å². The predicted octanol–water partition coefficient (Wildman–Crippen LogP) is 3.70. The van der Waals surface area contributed by atoms with Gasteiger partial charge >= 0.3 is 0 Å². The first-order valence-corrected chi connectivity index (χ1v) is 8.99. The number of hydrogen-bond acceptors (Lipinski definition) is 2. The van der Waals surface area contributed by atoms with Crippen molar-refractivity contribution in [1.29, 1.82) is 0 Å². The van der Waals surface area contributed by atoms with Crippen LogP contribution in [0.2, 0.25) is 0 Å². The largest absolute Gasteiger partial charge is 0.356 e. The van der Waals surface area contributed by atoms with Gasteiger partial charge in [0.2, 0.25) is 5.91 Å². The first-order chi connectivity index (χ1) is 13.9. The fourth-order valence-electron chi connectivity index (χ4n) is 3.04. The molecular weight excluding hydrogens is 515 g/mol. The Kier molecular flexibility index (Phi) is 8.04. The van der Waals surface area contributed by atoms with Crippen molar-refractivity contribution >= 4 is 41.5 Å². The Labute approximate surface area is 188 Å². The molecule has 2 aromatic rings. The predicted molar refractivity (Wildman–Crippen MR) is 117 cm³/mol. The summed E-state index contributed by atoms with van der Waals surface area (Å²) in [5.74, 6) is -5.10. The highest BCUT2D eigenvalue weighted by Crippen LogP contribution is 2.48. The molecule has 1 fully saturated rings. The number of nitrogens with one attached hydrogen (secondary N) is 3. The van der Waals surface area contributed by atoms with E-state index >= 15 is 0 Å². The van der Waals surface area contributed by atoms with E-state index in [2.05, 4.69) is 20.9 Å². The van der Waals surface area contributed by atoms with Crippen molar-refractivity contribution in [3.05, 3.63) is 65.2 Å². The van der Waals surface area contributed by atoms with E-state index in [9.17, 15) is 22.4 Å². The van der Waals surface area contributed by atoms with Crippen LogP contribution in [0.3, 0.4) is 0 Å². The quantitative estimate of drug-likeness (QED) is 0.174. The second-order valence-electron chi connectivity index (χ2n) is 6.81. The molecule has 10 heteroatoms. The molecule has 3 N–H and O–H groups in total. The molecule has 30 heavy (non-hydrogen) atoms. The van der Waals surface area contributed by atoms with Gasteiger partial charge in [-0.25, -0.2) is 17.6 Å². The van der Waals surface area contributed by atoms with Gasteiger partial charge in [-0.1, -0.05) is 18.2 Å². The third kappa shape index (κ3) is 5.41. The molecule has 0 unspecified atom stereocenters. The molecular formula is C20H21F4IN4O. The number of aliphatic imine (C=N–C) groups is 1. The molecule has 0 spiro atoms. The number of halogens is 5. The first-order valence-electron chi connectivity index (χ1n) is 8.99. The SMILES string of the molecule is CN=C(NCC(=O)Nc1ccc(F)c(F)c1F)NCC1(c2ccccc2F)CC1.I. The number of carbonyl (C=O) groups is 1. The minimum atomic E-state index is -1.66. The van der Waals surface area contributed by atoms with E-state index in [-0.39, 0.29) is 41.8 Å². The van der Waals surface area contributed by atoms with Gasteiger partial charge < -0.3 is 16.0 Å². The van der Waals surface area contributed by atoms with Crippen LogP contribution in [0.15, 0.2) is 41.4 Å². The zero-order chi connectivity index (χ0) is 21.0. The lowest BCUT2D eigenvalue weighted by Crippen LogP contribution is -2.44. The molecule has 162 valence electrons. The highest BCUT2D eigenvalue weighted by Gasteiger charge is 2.45. The lowest BCUT2D eigenvalue weighted by molar-refractivity contribution is -0.115. The summed E-state index contributed by atoms with van der Waals surface area (Å²) in [6.07, 6.45) is 1.65. The second kappa shape index (κ2) is 10.1. The molecule has 1 amide bonds. The van der Waals surface area contributed by atoms with Gasteiger partial charge in [-0.2, -0.15) is 0 Å². The molecule has 2 aromatic carbocycles. The Morgan fingerprint density at radius 1 is 1.00 bits per heavy atom. The van der Waals surface area contributed by atoms with Crippen LogP contribution >= 0.6 is 24.0 Å². The number of hydrogen-bond donors (Lipinski definition) is 3. The number of amides is 1. The topological polar surface area (TPSA) is 65.5 Å². The minimum absolute atomic E-state index is 0. The van der Waals surface area contributed by atoms with Crippen LogP contribution in [0, 0.1) is 23.3 Å². The van der Waals surface area contributed by atoms with Gasteiger partial charge in [0.1, 0.15) is 5.82 Å². The van der Waals surface area contributed by atoms with Gasteiger partial charge in [-0.05, 0) is 36.6 Å². The van der Waals surface area contributed by atoms with E-state index in [0.29, 0.717) is 18.1 Å². The molecule has 0 saturated heterocycles. The van der Waals surface area contributed by atoms with E-state index in [1.165, 1.54) is 13.1 Å². The van der Waals surface area contributed by atoms with E-state index < -0.39 is 29.0 Å². The van der Waals surface area contributed by atoms with Crippen LogP contribution in [0.25, 0.3) is 0 Å². The Morgan fingerprint density at radius 2 is 1.70 bits per heavy atom. The number of carbonyl (C=O) groups excluding carboxylic acids is 1. The highest BCUT2D eigenvalue weighted by atomic mass is 127. The molecule has 1 saturated carbocycles. The molecule has 3 rings (SSSR count). The summed E-state index contributed by atoms with van der Waals surface area (Å²) >= 11 is 0. The number of anilines is 1. The van der Waals surface area contributed by atoms with Crippen molar-refractivity contribution in [2.45, 2.75) is 18.3 Å². The van der Waals surface area contributed by atoms with Gasteiger partial charge in [0.25, 0.3) is 0 Å². The van der Waals surface area contributed by atoms with E-state index in [1.807, 2.05) is 0 Å². The fourth-order valence-corrected chi connectivity index (χ4v) is 3.04. The zero-order valence-electron chi connectivity index (χ0n) is 16.1.